The number of amides is 1. The molecule has 1 amide bonds. The quantitative estimate of drug-likeness (QED) is 0.578. The van der Waals surface area contributed by atoms with E-state index in [9.17, 15) is 4.79 Å². The van der Waals surface area contributed by atoms with Crippen molar-refractivity contribution in [3.63, 3.8) is 0 Å². The molecule has 0 bridgehead atoms. The molecule has 132 valence electrons. The Morgan fingerprint density at radius 2 is 1.76 bits per heavy atom. The SMILES string of the molecule is COc1c(Cl)cc(/C=N\NC(=O)Cc2ccc(Cl)cc2)c(OC)c1Cl. The van der Waals surface area contributed by atoms with Crippen LogP contribution in [0, 0.1) is 0 Å². The lowest BCUT2D eigenvalue weighted by molar-refractivity contribution is -0.120. The van der Waals surface area contributed by atoms with Gasteiger partial charge in [0, 0.05) is 10.6 Å². The summed E-state index contributed by atoms with van der Waals surface area (Å²) >= 11 is 18.1. The van der Waals surface area contributed by atoms with Crippen LogP contribution in [-0.4, -0.2) is 26.3 Å². The van der Waals surface area contributed by atoms with Gasteiger partial charge in [-0.1, -0.05) is 46.9 Å². The number of benzene rings is 2. The Balaban J connectivity index is 2.08. The Hall–Kier alpha value is -1.95. The second-order valence-electron chi connectivity index (χ2n) is 4.92. The number of nitrogens with zero attached hydrogens (tertiary/aromatic N) is 1. The van der Waals surface area contributed by atoms with E-state index in [-0.39, 0.29) is 17.4 Å². The molecule has 0 aliphatic heterocycles. The highest BCUT2D eigenvalue weighted by atomic mass is 35.5. The molecule has 8 heteroatoms. The van der Waals surface area contributed by atoms with Crippen LogP contribution in [0.5, 0.6) is 11.5 Å². The molecular formula is C17H15Cl3N2O3. The van der Waals surface area contributed by atoms with E-state index >= 15 is 0 Å². The first kappa shape index (κ1) is 19.4. The molecule has 25 heavy (non-hydrogen) atoms. The lowest BCUT2D eigenvalue weighted by Gasteiger charge is -2.12. The van der Waals surface area contributed by atoms with Crippen molar-refractivity contribution in [3.05, 3.63) is 56.5 Å². The van der Waals surface area contributed by atoms with Crippen LogP contribution in [0.2, 0.25) is 15.1 Å². The number of nitrogens with one attached hydrogen (secondary N) is 1. The summed E-state index contributed by atoms with van der Waals surface area (Å²) in [6, 6.07) is 8.58. The van der Waals surface area contributed by atoms with Gasteiger partial charge in [0.05, 0.1) is 31.9 Å². The van der Waals surface area contributed by atoms with Gasteiger partial charge in [0.1, 0.15) is 10.8 Å². The fourth-order valence-corrected chi connectivity index (χ4v) is 2.92. The molecule has 1 N–H and O–H groups in total. The van der Waals surface area contributed by atoms with Crippen molar-refractivity contribution < 1.29 is 14.3 Å². The molecule has 0 saturated heterocycles. The molecule has 0 aromatic heterocycles. The summed E-state index contributed by atoms with van der Waals surface area (Å²) < 4.78 is 10.4. The van der Waals surface area contributed by atoms with Gasteiger partial charge >= 0.3 is 0 Å². The number of halogens is 3. The lowest BCUT2D eigenvalue weighted by atomic mass is 10.1. The smallest absolute Gasteiger partial charge is 0.244 e. The maximum Gasteiger partial charge on any atom is 0.244 e. The minimum atomic E-state index is -0.275. The molecule has 2 aromatic carbocycles. The monoisotopic (exact) mass is 400 g/mol. The molecule has 5 nitrogen and oxygen atoms in total. The van der Waals surface area contributed by atoms with E-state index < -0.39 is 0 Å². The summed E-state index contributed by atoms with van der Waals surface area (Å²) in [5, 5.41) is 5.06. The molecular weight excluding hydrogens is 387 g/mol. The summed E-state index contributed by atoms with van der Waals surface area (Å²) in [5.74, 6) is 0.381. The first-order valence-corrected chi connectivity index (χ1v) is 8.26. The van der Waals surface area contributed by atoms with E-state index in [2.05, 4.69) is 10.5 Å². The van der Waals surface area contributed by atoms with E-state index in [4.69, 9.17) is 44.3 Å². The molecule has 0 radical (unpaired) electrons. The Kier molecular flexibility index (Phi) is 6.93. The highest BCUT2D eigenvalue weighted by Gasteiger charge is 2.16. The Labute approximate surface area is 160 Å². The number of carbonyl (C=O) groups excluding carboxylic acids is 1. The zero-order valence-corrected chi connectivity index (χ0v) is 15.7. The first-order chi connectivity index (χ1) is 12.0. The van der Waals surface area contributed by atoms with Gasteiger partial charge < -0.3 is 9.47 Å². The third kappa shape index (κ3) is 5.01. The van der Waals surface area contributed by atoms with Crippen LogP contribution in [0.1, 0.15) is 11.1 Å². The van der Waals surface area contributed by atoms with Crippen molar-refractivity contribution in [2.75, 3.05) is 14.2 Å². The largest absolute Gasteiger partial charge is 0.494 e. The second kappa shape index (κ2) is 8.94. The van der Waals surface area contributed by atoms with E-state index in [0.29, 0.717) is 27.1 Å². The summed E-state index contributed by atoms with van der Waals surface area (Å²) in [6.45, 7) is 0. The molecule has 2 aromatic rings. The fraction of sp³-hybridized carbons (Fsp3) is 0.176. The van der Waals surface area contributed by atoms with Crippen molar-refractivity contribution in [2.24, 2.45) is 5.10 Å². The molecule has 0 atom stereocenters. The predicted octanol–water partition coefficient (Wildman–Crippen LogP) is 4.36. The Morgan fingerprint density at radius 1 is 1.12 bits per heavy atom. The number of ether oxygens (including phenoxy) is 2. The molecule has 0 heterocycles. The molecule has 0 aliphatic carbocycles. The number of hydrogen-bond donors (Lipinski definition) is 1. The summed E-state index contributed by atoms with van der Waals surface area (Å²) in [6.07, 6.45) is 1.57. The van der Waals surface area contributed by atoms with E-state index in [1.54, 1.807) is 30.3 Å². The highest BCUT2D eigenvalue weighted by molar-refractivity contribution is 6.38. The van der Waals surface area contributed by atoms with Crippen molar-refractivity contribution in [3.8, 4) is 11.5 Å². The van der Waals surface area contributed by atoms with Crippen LogP contribution in [0.15, 0.2) is 35.4 Å². The van der Waals surface area contributed by atoms with Crippen LogP contribution in [-0.2, 0) is 11.2 Å². The van der Waals surface area contributed by atoms with Crippen LogP contribution in [0.3, 0.4) is 0 Å². The van der Waals surface area contributed by atoms with Gasteiger partial charge in [-0.2, -0.15) is 5.10 Å². The van der Waals surface area contributed by atoms with Crippen LogP contribution < -0.4 is 14.9 Å². The number of carbonyl (C=O) groups is 1. The maximum atomic E-state index is 11.9. The number of hydrazone groups is 1. The van der Waals surface area contributed by atoms with Crippen molar-refractivity contribution in [1.82, 2.24) is 5.43 Å². The van der Waals surface area contributed by atoms with E-state index in [1.807, 2.05) is 0 Å². The standard InChI is InChI=1S/C17H15Cl3N2O3/c1-24-16-11(8-13(19)17(25-2)15(16)20)9-21-22-14(23)7-10-3-5-12(18)6-4-10/h3-6,8-9H,7H2,1-2H3,(H,22,23)/b21-9-. The Bertz CT molecular complexity index is 793. The van der Waals surface area contributed by atoms with Gasteiger partial charge in [-0.25, -0.2) is 5.43 Å². The van der Waals surface area contributed by atoms with Crippen LogP contribution in [0.25, 0.3) is 0 Å². The number of hydrogen-bond acceptors (Lipinski definition) is 4. The minimum Gasteiger partial charge on any atom is -0.494 e. The van der Waals surface area contributed by atoms with Gasteiger partial charge in [0.25, 0.3) is 0 Å². The zero-order valence-electron chi connectivity index (χ0n) is 13.5. The molecule has 0 fully saturated rings. The average molecular weight is 402 g/mol. The molecule has 0 unspecified atom stereocenters. The molecule has 2 rings (SSSR count). The second-order valence-corrected chi connectivity index (χ2v) is 6.15. The molecule has 0 aliphatic rings. The third-order valence-electron chi connectivity index (χ3n) is 3.24. The molecule has 0 spiro atoms. The fourth-order valence-electron chi connectivity index (χ4n) is 2.09. The van der Waals surface area contributed by atoms with Gasteiger partial charge in [0.15, 0.2) is 5.75 Å². The average Bonchev–Trinajstić information content (AvgIpc) is 2.57. The molecule has 0 saturated carbocycles. The van der Waals surface area contributed by atoms with Gasteiger partial charge in [-0.3, -0.25) is 4.79 Å². The summed E-state index contributed by atoms with van der Waals surface area (Å²) in [5.41, 5.74) is 3.77. The predicted molar refractivity (Wildman–Crippen MR) is 100 cm³/mol. The number of methoxy groups -OCH3 is 2. The topological polar surface area (TPSA) is 59.9 Å². The van der Waals surface area contributed by atoms with Gasteiger partial charge in [0.2, 0.25) is 5.91 Å². The third-order valence-corrected chi connectivity index (χ3v) is 4.12. The number of rotatable bonds is 6. The minimum absolute atomic E-state index is 0.176. The first-order valence-electron chi connectivity index (χ1n) is 7.12. The zero-order chi connectivity index (χ0) is 18.4. The van der Waals surface area contributed by atoms with Crippen molar-refractivity contribution in [1.29, 1.82) is 0 Å². The van der Waals surface area contributed by atoms with Crippen LogP contribution >= 0.6 is 34.8 Å². The van der Waals surface area contributed by atoms with Gasteiger partial charge in [-0.05, 0) is 23.8 Å². The van der Waals surface area contributed by atoms with E-state index in [0.717, 1.165) is 5.56 Å². The van der Waals surface area contributed by atoms with E-state index in [1.165, 1.54) is 20.4 Å². The summed E-state index contributed by atoms with van der Waals surface area (Å²) in [7, 11) is 2.92. The normalized spacial score (nSPS) is 10.8. The summed E-state index contributed by atoms with van der Waals surface area (Å²) in [4.78, 5) is 11.9. The van der Waals surface area contributed by atoms with Gasteiger partial charge in [-0.15, -0.1) is 0 Å². The lowest BCUT2D eigenvalue weighted by Crippen LogP contribution is -2.19. The maximum absolute atomic E-state index is 11.9. The highest BCUT2D eigenvalue weighted by Crippen LogP contribution is 2.41. The van der Waals surface area contributed by atoms with Crippen molar-refractivity contribution in [2.45, 2.75) is 6.42 Å². The van der Waals surface area contributed by atoms with Crippen LogP contribution in [0.4, 0.5) is 0 Å². The van der Waals surface area contributed by atoms with Crippen molar-refractivity contribution >= 4 is 46.9 Å². The Morgan fingerprint density at radius 3 is 2.36 bits per heavy atom.